The maximum Gasteiger partial charge on any atom is 0.178 e. The number of nitrogens with zero attached hydrogens (tertiary/aromatic N) is 3. The molecule has 5 nitrogen and oxygen atoms in total. The molecule has 12 rings (SSSR count). The summed E-state index contributed by atoms with van der Waals surface area (Å²) in [6, 6.07) is 77.8. The summed E-state index contributed by atoms with van der Waals surface area (Å²) >= 11 is 0. The summed E-state index contributed by atoms with van der Waals surface area (Å²) in [5, 5.41) is 0. The first kappa shape index (κ1) is 36.4. The molecule has 2 heterocycles. The Hall–Kier alpha value is -8.41. The van der Waals surface area contributed by atoms with Gasteiger partial charge >= 0.3 is 0 Å². The Balaban J connectivity index is 0.945. The van der Waals surface area contributed by atoms with E-state index in [1.54, 1.807) is 0 Å². The second kappa shape index (κ2) is 14.9. The molecule has 0 radical (unpaired) electrons. The highest BCUT2D eigenvalue weighted by Gasteiger charge is 2.48. The molecule has 9 aromatic carbocycles. The minimum absolute atomic E-state index is 0.545. The first-order valence-electron chi connectivity index (χ1n) is 21.2. The van der Waals surface area contributed by atoms with Crippen LogP contribution in [-0.2, 0) is 5.41 Å². The SMILES string of the molecule is c1ccc(-c2ccc(-c3nc(-c4ccccc4)nc(-c4cccc(-c5cccc6c5Oc5ccc7c(c5O6)-c5ccccc5C7(c5ccccc5)c5ccccc5)c4)n3)cc2)cc1. The van der Waals surface area contributed by atoms with Crippen molar-refractivity contribution in [1.29, 1.82) is 0 Å². The van der Waals surface area contributed by atoms with Gasteiger partial charge in [0.15, 0.2) is 40.5 Å². The van der Waals surface area contributed by atoms with E-state index in [0.29, 0.717) is 34.7 Å². The van der Waals surface area contributed by atoms with Crippen molar-refractivity contribution in [3.63, 3.8) is 0 Å². The zero-order valence-corrected chi connectivity index (χ0v) is 34.0. The summed E-state index contributed by atoms with van der Waals surface area (Å²) in [5.41, 5.74) is 13.2. The van der Waals surface area contributed by atoms with Crippen LogP contribution >= 0.6 is 0 Å². The molecule has 63 heavy (non-hydrogen) atoms. The Bertz CT molecular complexity index is 3280. The lowest BCUT2D eigenvalue weighted by Crippen LogP contribution is -2.28. The standard InChI is InChI=1S/C58H37N3O2/c1-5-17-38(18-6-1)39-31-33-41(34-32-39)56-59-55(40-19-7-2-8-20-40)60-57(61-56)43-22-15-21-42(37-43)46-28-16-30-50-53(46)62-51-36-35-49-52(54(51)63-50)47-27-13-14-29-48(47)58(49,44-23-9-3-10-24-44)45-25-11-4-12-26-45/h1-37H. The molecule has 2 aliphatic rings. The molecule has 0 bridgehead atoms. The van der Waals surface area contributed by atoms with E-state index in [9.17, 15) is 0 Å². The molecule has 5 heteroatoms. The molecule has 296 valence electrons. The van der Waals surface area contributed by atoms with Crippen LogP contribution in [0, 0.1) is 0 Å². The third kappa shape index (κ3) is 6.05. The summed E-state index contributed by atoms with van der Waals surface area (Å²) < 4.78 is 14.0. The van der Waals surface area contributed by atoms with Gasteiger partial charge in [-0.15, -0.1) is 0 Å². The van der Waals surface area contributed by atoms with E-state index in [2.05, 4.69) is 164 Å². The van der Waals surface area contributed by atoms with Crippen LogP contribution in [0.2, 0.25) is 0 Å². The van der Waals surface area contributed by atoms with E-state index in [1.165, 1.54) is 16.7 Å². The van der Waals surface area contributed by atoms with Crippen molar-refractivity contribution in [3.8, 4) is 90.5 Å². The van der Waals surface area contributed by atoms with Gasteiger partial charge in [-0.3, -0.25) is 0 Å². The molecule has 0 saturated heterocycles. The Morgan fingerprint density at radius 3 is 1.44 bits per heavy atom. The molecular weight excluding hydrogens is 771 g/mol. The molecule has 0 saturated carbocycles. The Morgan fingerprint density at radius 2 is 0.762 bits per heavy atom. The van der Waals surface area contributed by atoms with E-state index in [-0.39, 0.29) is 0 Å². The number of fused-ring (bicyclic) bond motifs is 6. The summed E-state index contributed by atoms with van der Waals surface area (Å²) in [4.78, 5) is 15.1. The molecule has 1 aliphatic heterocycles. The van der Waals surface area contributed by atoms with E-state index < -0.39 is 5.41 Å². The van der Waals surface area contributed by atoms with E-state index in [0.717, 1.165) is 61.4 Å². The fraction of sp³-hybridized carbons (Fsp3) is 0.0172. The normalized spacial score (nSPS) is 12.8. The monoisotopic (exact) mass is 807 g/mol. The molecular formula is C58H37N3O2. The van der Waals surface area contributed by atoms with Crippen LogP contribution in [0.4, 0.5) is 0 Å². The molecule has 0 unspecified atom stereocenters. The van der Waals surface area contributed by atoms with E-state index in [4.69, 9.17) is 24.4 Å². The minimum atomic E-state index is -0.545. The van der Waals surface area contributed by atoms with Crippen molar-refractivity contribution in [2.75, 3.05) is 0 Å². The lowest BCUT2D eigenvalue weighted by molar-refractivity contribution is 0.361. The van der Waals surface area contributed by atoms with E-state index >= 15 is 0 Å². The predicted octanol–water partition coefficient (Wildman–Crippen LogP) is 14.5. The molecule has 0 atom stereocenters. The molecule has 0 fully saturated rings. The number of ether oxygens (including phenoxy) is 2. The quantitative estimate of drug-likeness (QED) is 0.161. The molecule has 1 aliphatic carbocycles. The average molecular weight is 808 g/mol. The fourth-order valence-corrected chi connectivity index (χ4v) is 9.43. The molecule has 0 spiro atoms. The van der Waals surface area contributed by atoms with Gasteiger partial charge in [0.1, 0.15) is 0 Å². The third-order valence-electron chi connectivity index (χ3n) is 12.3. The Morgan fingerprint density at radius 1 is 0.302 bits per heavy atom. The first-order chi connectivity index (χ1) is 31.2. The number of benzene rings is 9. The Kier molecular flexibility index (Phi) is 8.64. The van der Waals surface area contributed by atoms with Gasteiger partial charge in [0.2, 0.25) is 0 Å². The maximum absolute atomic E-state index is 7.03. The number of aromatic nitrogens is 3. The van der Waals surface area contributed by atoms with E-state index in [1.807, 2.05) is 60.7 Å². The second-order valence-corrected chi connectivity index (χ2v) is 15.9. The number of hydrogen-bond acceptors (Lipinski definition) is 5. The zero-order chi connectivity index (χ0) is 41.7. The second-order valence-electron chi connectivity index (χ2n) is 15.9. The van der Waals surface area contributed by atoms with Gasteiger partial charge in [-0.1, -0.05) is 206 Å². The predicted molar refractivity (Wildman–Crippen MR) is 251 cm³/mol. The fourth-order valence-electron chi connectivity index (χ4n) is 9.43. The lowest BCUT2D eigenvalue weighted by Gasteiger charge is -2.34. The van der Waals surface area contributed by atoms with Crippen molar-refractivity contribution < 1.29 is 9.47 Å². The summed E-state index contributed by atoms with van der Waals surface area (Å²) in [7, 11) is 0. The van der Waals surface area contributed by atoms with Crippen LogP contribution in [0.3, 0.4) is 0 Å². The topological polar surface area (TPSA) is 57.1 Å². The summed E-state index contributed by atoms with van der Waals surface area (Å²) in [6.45, 7) is 0. The Labute approximate surface area is 365 Å². The lowest BCUT2D eigenvalue weighted by atomic mass is 9.68. The molecule has 1 aromatic heterocycles. The summed E-state index contributed by atoms with van der Waals surface area (Å²) in [6.07, 6.45) is 0. The van der Waals surface area contributed by atoms with Crippen LogP contribution in [-0.4, -0.2) is 15.0 Å². The van der Waals surface area contributed by atoms with Crippen LogP contribution in [0.1, 0.15) is 22.3 Å². The number of hydrogen-bond donors (Lipinski definition) is 0. The maximum atomic E-state index is 7.03. The van der Waals surface area contributed by atoms with Gasteiger partial charge in [0.25, 0.3) is 0 Å². The average Bonchev–Trinajstić information content (AvgIpc) is 3.68. The third-order valence-corrected chi connectivity index (χ3v) is 12.3. The molecule has 0 N–H and O–H groups in total. The van der Waals surface area contributed by atoms with Crippen molar-refractivity contribution in [2.45, 2.75) is 5.41 Å². The van der Waals surface area contributed by atoms with Gasteiger partial charge in [-0.2, -0.15) is 0 Å². The van der Waals surface area contributed by atoms with Crippen LogP contribution < -0.4 is 9.47 Å². The number of rotatable bonds is 7. The highest BCUT2D eigenvalue weighted by molar-refractivity contribution is 5.92. The van der Waals surface area contributed by atoms with Gasteiger partial charge in [0, 0.05) is 27.8 Å². The molecule has 10 aromatic rings. The van der Waals surface area contributed by atoms with Crippen LogP contribution in [0.25, 0.3) is 67.5 Å². The van der Waals surface area contributed by atoms with Crippen LogP contribution in [0.15, 0.2) is 224 Å². The van der Waals surface area contributed by atoms with Crippen molar-refractivity contribution in [1.82, 2.24) is 15.0 Å². The molecule has 0 amide bonds. The van der Waals surface area contributed by atoms with Crippen LogP contribution in [0.5, 0.6) is 23.0 Å². The van der Waals surface area contributed by atoms with Crippen molar-refractivity contribution in [2.24, 2.45) is 0 Å². The highest BCUT2D eigenvalue weighted by Crippen LogP contribution is 2.62. The first-order valence-corrected chi connectivity index (χ1v) is 21.2. The van der Waals surface area contributed by atoms with Gasteiger partial charge < -0.3 is 9.47 Å². The van der Waals surface area contributed by atoms with Gasteiger partial charge in [-0.25, -0.2) is 15.0 Å². The van der Waals surface area contributed by atoms with Crippen molar-refractivity contribution in [3.05, 3.63) is 247 Å². The summed E-state index contributed by atoms with van der Waals surface area (Å²) in [5.74, 6) is 4.49. The zero-order valence-electron chi connectivity index (χ0n) is 34.0. The number of para-hydroxylation sites is 1. The largest absolute Gasteiger partial charge is 0.449 e. The smallest absolute Gasteiger partial charge is 0.178 e. The minimum Gasteiger partial charge on any atom is -0.449 e. The van der Waals surface area contributed by atoms with Gasteiger partial charge in [0.05, 0.1) is 5.41 Å². The highest BCUT2D eigenvalue weighted by atomic mass is 16.6. The van der Waals surface area contributed by atoms with Gasteiger partial charge in [-0.05, 0) is 62.7 Å². The van der Waals surface area contributed by atoms with Crippen molar-refractivity contribution >= 4 is 0 Å².